The van der Waals surface area contributed by atoms with Crippen LogP contribution in [0.1, 0.15) is 35.6 Å². The maximum atomic E-state index is 11.7. The Bertz CT molecular complexity index is 622. The normalized spacial score (nSPS) is 10.9. The van der Waals surface area contributed by atoms with Crippen molar-refractivity contribution in [2.75, 3.05) is 13.2 Å². The van der Waals surface area contributed by atoms with E-state index in [0.717, 1.165) is 6.08 Å². The van der Waals surface area contributed by atoms with Crippen molar-refractivity contribution in [2.24, 2.45) is 0 Å². The number of nitriles is 1. The number of ether oxygens (including phenoxy) is 2. The van der Waals surface area contributed by atoms with Gasteiger partial charge >= 0.3 is 11.9 Å². The van der Waals surface area contributed by atoms with Crippen LogP contribution in [-0.2, 0) is 14.3 Å². The van der Waals surface area contributed by atoms with Crippen molar-refractivity contribution in [2.45, 2.75) is 20.8 Å². The highest BCUT2D eigenvalue weighted by Gasteiger charge is 2.22. The van der Waals surface area contributed by atoms with Crippen LogP contribution in [0.15, 0.2) is 5.57 Å². The Morgan fingerprint density at radius 1 is 1.33 bits per heavy atom. The number of nitrogens with one attached hydrogen (secondary N) is 1. The zero-order valence-corrected chi connectivity index (χ0v) is 12.0. The molecular weight excluding hydrogens is 276 g/mol. The number of nitrogens with zero attached hydrogens (tertiary/aromatic N) is 1. The minimum absolute atomic E-state index is 0.0238. The topological polar surface area (TPSA) is 112 Å². The van der Waals surface area contributed by atoms with E-state index in [4.69, 9.17) is 14.7 Å². The summed E-state index contributed by atoms with van der Waals surface area (Å²) in [5.41, 5.74) is 0.131. The molecule has 1 rings (SSSR count). The third-order valence-corrected chi connectivity index (χ3v) is 2.57. The minimum atomic E-state index is -0.802. The Morgan fingerprint density at radius 3 is 2.48 bits per heavy atom. The molecular formula is C14H16N2O5. The number of hydrogen-bond acceptors (Lipinski definition) is 6. The lowest BCUT2D eigenvalue weighted by atomic mass is 10.2. The minimum Gasteiger partial charge on any atom is -0.505 e. The molecule has 0 amide bonds. The molecule has 112 valence electrons. The fraction of sp³-hybridized carbons (Fsp3) is 0.357. The number of aryl methyl sites for hydroxylation is 1. The summed E-state index contributed by atoms with van der Waals surface area (Å²) in [4.78, 5) is 26.0. The third kappa shape index (κ3) is 3.63. The van der Waals surface area contributed by atoms with Gasteiger partial charge in [-0.1, -0.05) is 0 Å². The molecule has 0 saturated heterocycles. The van der Waals surface area contributed by atoms with Gasteiger partial charge in [-0.3, -0.25) is 0 Å². The largest absolute Gasteiger partial charge is 0.505 e. The fourth-order valence-corrected chi connectivity index (χ4v) is 1.68. The number of rotatable bonds is 5. The van der Waals surface area contributed by atoms with Crippen molar-refractivity contribution in [3.05, 3.63) is 22.5 Å². The van der Waals surface area contributed by atoms with Crippen LogP contribution in [0, 0.1) is 18.3 Å². The van der Waals surface area contributed by atoms with E-state index < -0.39 is 11.9 Å². The van der Waals surface area contributed by atoms with Crippen LogP contribution in [0.3, 0.4) is 0 Å². The Balaban J connectivity index is 3.21. The van der Waals surface area contributed by atoms with Gasteiger partial charge in [-0.25, -0.2) is 9.59 Å². The smallest absolute Gasteiger partial charge is 0.348 e. The molecule has 0 aliphatic heterocycles. The summed E-state index contributed by atoms with van der Waals surface area (Å²) in [6.45, 7) is 5.12. The maximum Gasteiger partial charge on any atom is 0.348 e. The number of carbonyl (C=O) groups is 2. The van der Waals surface area contributed by atoms with Crippen molar-refractivity contribution in [1.82, 2.24) is 4.98 Å². The molecule has 1 aromatic rings. The number of hydrogen-bond donors (Lipinski definition) is 2. The zero-order valence-electron chi connectivity index (χ0n) is 12.0. The van der Waals surface area contributed by atoms with Gasteiger partial charge in [0.15, 0.2) is 5.75 Å². The molecule has 0 aliphatic rings. The van der Waals surface area contributed by atoms with Crippen LogP contribution in [0.5, 0.6) is 5.75 Å². The van der Waals surface area contributed by atoms with Crippen LogP contribution in [0.2, 0.25) is 0 Å². The van der Waals surface area contributed by atoms with Crippen LogP contribution >= 0.6 is 0 Å². The highest BCUT2D eigenvalue weighted by molar-refractivity contribution is 6.00. The van der Waals surface area contributed by atoms with E-state index in [2.05, 4.69) is 4.98 Å². The van der Waals surface area contributed by atoms with Gasteiger partial charge < -0.3 is 19.6 Å². The molecule has 1 heterocycles. The maximum absolute atomic E-state index is 11.7. The van der Waals surface area contributed by atoms with E-state index >= 15 is 0 Å². The quantitative estimate of drug-likeness (QED) is 0.485. The number of aromatic nitrogens is 1. The third-order valence-electron chi connectivity index (χ3n) is 2.57. The number of esters is 2. The van der Waals surface area contributed by atoms with Gasteiger partial charge in [0.2, 0.25) is 0 Å². The summed E-state index contributed by atoms with van der Waals surface area (Å²) < 4.78 is 9.54. The van der Waals surface area contributed by atoms with E-state index in [1.165, 1.54) is 0 Å². The monoisotopic (exact) mass is 292 g/mol. The van der Waals surface area contributed by atoms with E-state index in [1.54, 1.807) is 26.8 Å². The fourth-order valence-electron chi connectivity index (χ4n) is 1.68. The van der Waals surface area contributed by atoms with E-state index in [-0.39, 0.29) is 35.8 Å². The van der Waals surface area contributed by atoms with Crippen LogP contribution in [-0.4, -0.2) is 35.2 Å². The van der Waals surface area contributed by atoms with Crippen molar-refractivity contribution < 1.29 is 24.2 Å². The van der Waals surface area contributed by atoms with Gasteiger partial charge in [0.1, 0.15) is 17.2 Å². The van der Waals surface area contributed by atoms with E-state index in [0.29, 0.717) is 5.69 Å². The van der Waals surface area contributed by atoms with Gasteiger partial charge in [-0.2, -0.15) is 5.26 Å². The molecule has 21 heavy (non-hydrogen) atoms. The number of aromatic hydroxyl groups is 1. The van der Waals surface area contributed by atoms with Crippen molar-refractivity contribution in [3.8, 4) is 11.8 Å². The zero-order chi connectivity index (χ0) is 16.0. The molecule has 7 heteroatoms. The van der Waals surface area contributed by atoms with Crippen LogP contribution in [0.4, 0.5) is 0 Å². The average molecular weight is 292 g/mol. The van der Waals surface area contributed by atoms with Gasteiger partial charge in [0.25, 0.3) is 0 Å². The van der Waals surface area contributed by atoms with Crippen LogP contribution in [0.25, 0.3) is 6.08 Å². The Hall–Kier alpha value is -2.75. The molecule has 2 N–H and O–H groups in total. The molecule has 0 aromatic carbocycles. The first-order chi connectivity index (χ1) is 9.96. The molecule has 0 spiro atoms. The number of H-pyrrole nitrogens is 1. The summed E-state index contributed by atoms with van der Waals surface area (Å²) >= 11 is 0. The lowest BCUT2D eigenvalue weighted by Crippen LogP contribution is -2.06. The Kier molecular flexibility index (Phi) is 5.55. The average Bonchev–Trinajstić information content (AvgIpc) is 2.71. The predicted molar refractivity (Wildman–Crippen MR) is 73.4 cm³/mol. The molecule has 0 unspecified atom stereocenters. The second-order valence-electron chi connectivity index (χ2n) is 4.00. The summed E-state index contributed by atoms with van der Waals surface area (Å²) in [7, 11) is 0. The van der Waals surface area contributed by atoms with Crippen molar-refractivity contribution >= 4 is 18.0 Å². The highest BCUT2D eigenvalue weighted by atomic mass is 16.5. The second kappa shape index (κ2) is 7.14. The highest BCUT2D eigenvalue weighted by Crippen LogP contribution is 2.28. The summed E-state index contributed by atoms with van der Waals surface area (Å²) in [6.07, 6.45) is 1.13. The molecule has 1 aromatic heterocycles. The first-order valence-electron chi connectivity index (χ1n) is 6.33. The molecule has 0 bridgehead atoms. The SMILES string of the molecule is CCOC(=O)/C(C#N)=C\c1[nH]c(C)c(C(=O)OCC)c1O. The molecule has 0 atom stereocenters. The molecule has 7 nitrogen and oxygen atoms in total. The summed E-state index contributed by atoms with van der Waals surface area (Å²) in [5, 5.41) is 19.0. The van der Waals surface area contributed by atoms with E-state index in [1.807, 2.05) is 0 Å². The Morgan fingerprint density at radius 2 is 1.95 bits per heavy atom. The summed E-state index contributed by atoms with van der Waals surface area (Å²) in [5.74, 6) is -1.86. The van der Waals surface area contributed by atoms with E-state index in [9.17, 15) is 14.7 Å². The van der Waals surface area contributed by atoms with Crippen LogP contribution < -0.4 is 0 Å². The second-order valence-corrected chi connectivity index (χ2v) is 4.00. The van der Waals surface area contributed by atoms with Gasteiger partial charge in [-0.15, -0.1) is 0 Å². The molecule has 0 fully saturated rings. The lowest BCUT2D eigenvalue weighted by molar-refractivity contribution is -0.137. The van der Waals surface area contributed by atoms with Gasteiger partial charge in [0.05, 0.1) is 18.9 Å². The van der Waals surface area contributed by atoms with Gasteiger partial charge in [0, 0.05) is 5.69 Å². The summed E-state index contributed by atoms with van der Waals surface area (Å²) in [6, 6.07) is 1.68. The predicted octanol–water partition coefficient (Wildman–Crippen LogP) is 1.68. The molecule has 0 radical (unpaired) electrons. The standard InChI is InChI=1S/C14H16N2O5/c1-4-20-13(18)9(7-15)6-10-12(17)11(8(3)16-10)14(19)21-5-2/h6,16-17H,4-5H2,1-3H3/b9-6-. The Labute approximate surface area is 121 Å². The van der Waals surface area contributed by atoms with Crippen molar-refractivity contribution in [1.29, 1.82) is 5.26 Å². The first-order valence-corrected chi connectivity index (χ1v) is 6.33. The number of aromatic amines is 1. The number of carbonyl (C=O) groups excluding carboxylic acids is 2. The first kappa shape index (κ1) is 16.3. The molecule has 0 aliphatic carbocycles. The van der Waals surface area contributed by atoms with Crippen molar-refractivity contribution in [3.63, 3.8) is 0 Å². The molecule has 0 saturated carbocycles. The van der Waals surface area contributed by atoms with Gasteiger partial charge in [-0.05, 0) is 26.8 Å². The lowest BCUT2D eigenvalue weighted by Gasteiger charge is -2.01.